The molecule has 0 amide bonds. The van der Waals surface area contributed by atoms with E-state index in [-0.39, 0.29) is 0 Å². The van der Waals surface area contributed by atoms with Crippen LogP contribution in [0.4, 0.5) is 5.69 Å². The molecule has 0 spiro atoms. The van der Waals surface area contributed by atoms with Gasteiger partial charge < -0.3 is 9.64 Å². The molecule has 0 saturated carbocycles. The fourth-order valence-electron chi connectivity index (χ4n) is 2.44. The van der Waals surface area contributed by atoms with E-state index in [2.05, 4.69) is 47.3 Å². The normalized spacial score (nSPS) is 17.9. The van der Waals surface area contributed by atoms with Gasteiger partial charge in [0, 0.05) is 18.8 Å². The van der Waals surface area contributed by atoms with E-state index in [0.29, 0.717) is 6.04 Å². The summed E-state index contributed by atoms with van der Waals surface area (Å²) in [6, 6.07) is 6.77. The van der Waals surface area contributed by atoms with Gasteiger partial charge in [0.2, 0.25) is 0 Å². The van der Waals surface area contributed by atoms with Gasteiger partial charge in [0.15, 0.2) is 0 Å². The lowest BCUT2D eigenvalue weighted by atomic mass is 10.2. The highest BCUT2D eigenvalue weighted by atomic mass is 16.5. The SMILES string of the molecule is CCC(C)n1nnc2ccc(N3CCOCC3)cc21. The van der Waals surface area contributed by atoms with Crippen LogP contribution in [0.15, 0.2) is 18.2 Å². The molecule has 2 aromatic rings. The number of morpholine rings is 1. The number of fused-ring (bicyclic) bond motifs is 1. The lowest BCUT2D eigenvalue weighted by Crippen LogP contribution is -2.36. The molecule has 102 valence electrons. The fraction of sp³-hybridized carbons (Fsp3) is 0.571. The smallest absolute Gasteiger partial charge is 0.113 e. The van der Waals surface area contributed by atoms with Crippen molar-refractivity contribution >= 4 is 16.7 Å². The van der Waals surface area contributed by atoms with Crippen LogP contribution in [-0.4, -0.2) is 41.3 Å². The van der Waals surface area contributed by atoms with Gasteiger partial charge in [0.05, 0.1) is 24.8 Å². The number of anilines is 1. The Labute approximate surface area is 113 Å². The molecule has 1 unspecified atom stereocenters. The molecule has 0 bridgehead atoms. The van der Waals surface area contributed by atoms with Crippen molar-refractivity contribution in [2.24, 2.45) is 0 Å². The summed E-state index contributed by atoms with van der Waals surface area (Å²) < 4.78 is 7.43. The predicted octanol–water partition coefficient (Wildman–Crippen LogP) is 2.24. The molecule has 5 heteroatoms. The fourth-order valence-corrected chi connectivity index (χ4v) is 2.44. The molecule has 1 atom stereocenters. The number of hydrogen-bond donors (Lipinski definition) is 0. The Bertz CT molecular complexity index is 560. The first-order chi connectivity index (χ1) is 9.29. The number of hydrogen-bond acceptors (Lipinski definition) is 4. The number of nitrogens with zero attached hydrogens (tertiary/aromatic N) is 4. The van der Waals surface area contributed by atoms with E-state index in [1.54, 1.807) is 0 Å². The molecule has 0 aliphatic carbocycles. The molecule has 1 saturated heterocycles. The molecule has 1 aliphatic heterocycles. The second-order valence-electron chi connectivity index (χ2n) is 5.06. The standard InChI is InChI=1S/C14H20N4O/c1-3-11(2)18-14-10-12(4-5-13(14)15-16-18)17-6-8-19-9-7-17/h4-5,10-11H,3,6-9H2,1-2H3. The average Bonchev–Trinajstić information content (AvgIpc) is 2.90. The highest BCUT2D eigenvalue weighted by Crippen LogP contribution is 2.24. The van der Waals surface area contributed by atoms with E-state index < -0.39 is 0 Å². The summed E-state index contributed by atoms with van der Waals surface area (Å²) in [6.07, 6.45) is 1.06. The maximum Gasteiger partial charge on any atom is 0.113 e. The van der Waals surface area contributed by atoms with Crippen LogP contribution in [0, 0.1) is 0 Å². The van der Waals surface area contributed by atoms with Crippen molar-refractivity contribution in [2.45, 2.75) is 26.3 Å². The summed E-state index contributed by atoms with van der Waals surface area (Å²) in [5.41, 5.74) is 3.33. The zero-order valence-electron chi connectivity index (χ0n) is 11.5. The summed E-state index contributed by atoms with van der Waals surface area (Å²) in [7, 11) is 0. The van der Waals surface area contributed by atoms with Crippen molar-refractivity contribution in [3.63, 3.8) is 0 Å². The summed E-state index contributed by atoms with van der Waals surface area (Å²) in [5.74, 6) is 0. The average molecular weight is 260 g/mol. The largest absolute Gasteiger partial charge is 0.378 e. The third-order valence-electron chi connectivity index (χ3n) is 3.84. The predicted molar refractivity (Wildman–Crippen MR) is 75.6 cm³/mol. The minimum Gasteiger partial charge on any atom is -0.378 e. The molecular formula is C14H20N4O. The summed E-state index contributed by atoms with van der Waals surface area (Å²) >= 11 is 0. The minimum absolute atomic E-state index is 0.380. The van der Waals surface area contributed by atoms with Gasteiger partial charge in [0.25, 0.3) is 0 Å². The molecule has 19 heavy (non-hydrogen) atoms. The van der Waals surface area contributed by atoms with Crippen molar-refractivity contribution in [3.05, 3.63) is 18.2 Å². The second kappa shape index (κ2) is 5.17. The summed E-state index contributed by atoms with van der Waals surface area (Å²) in [6.45, 7) is 7.87. The van der Waals surface area contributed by atoms with E-state index in [1.165, 1.54) is 5.69 Å². The van der Waals surface area contributed by atoms with Crippen LogP contribution in [0.5, 0.6) is 0 Å². The van der Waals surface area contributed by atoms with Gasteiger partial charge in [-0.3, -0.25) is 0 Å². The lowest BCUT2D eigenvalue weighted by Gasteiger charge is -2.28. The van der Waals surface area contributed by atoms with E-state index in [9.17, 15) is 0 Å². The Hall–Kier alpha value is -1.62. The van der Waals surface area contributed by atoms with Crippen LogP contribution in [0.2, 0.25) is 0 Å². The molecule has 3 rings (SSSR count). The van der Waals surface area contributed by atoms with Crippen molar-refractivity contribution in [2.75, 3.05) is 31.2 Å². The van der Waals surface area contributed by atoms with E-state index >= 15 is 0 Å². The van der Waals surface area contributed by atoms with E-state index in [1.807, 2.05) is 4.68 Å². The summed E-state index contributed by atoms with van der Waals surface area (Å²) in [4.78, 5) is 2.36. The van der Waals surface area contributed by atoms with Crippen molar-refractivity contribution in [3.8, 4) is 0 Å². The number of aromatic nitrogens is 3. The first kappa shape index (κ1) is 12.4. The molecular weight excluding hydrogens is 240 g/mol. The molecule has 5 nitrogen and oxygen atoms in total. The van der Waals surface area contributed by atoms with Gasteiger partial charge in [-0.15, -0.1) is 5.10 Å². The monoisotopic (exact) mass is 260 g/mol. The Kier molecular flexibility index (Phi) is 3.38. The van der Waals surface area contributed by atoms with Crippen LogP contribution in [-0.2, 0) is 4.74 Å². The highest BCUT2D eigenvalue weighted by molar-refractivity contribution is 5.79. The van der Waals surface area contributed by atoms with Crippen LogP contribution in [0.25, 0.3) is 11.0 Å². The number of ether oxygens (including phenoxy) is 1. The first-order valence-electron chi connectivity index (χ1n) is 6.97. The van der Waals surface area contributed by atoms with Gasteiger partial charge in [-0.25, -0.2) is 4.68 Å². The molecule has 1 aromatic carbocycles. The molecule has 0 N–H and O–H groups in total. The van der Waals surface area contributed by atoms with E-state index in [0.717, 1.165) is 43.8 Å². The highest BCUT2D eigenvalue weighted by Gasteiger charge is 2.14. The maximum atomic E-state index is 5.40. The van der Waals surface area contributed by atoms with Gasteiger partial charge in [-0.05, 0) is 31.5 Å². The van der Waals surface area contributed by atoms with Crippen LogP contribution in [0.3, 0.4) is 0 Å². The molecule has 1 aromatic heterocycles. The molecule has 2 heterocycles. The minimum atomic E-state index is 0.380. The Morgan fingerprint density at radius 2 is 2.11 bits per heavy atom. The molecule has 0 radical (unpaired) electrons. The van der Waals surface area contributed by atoms with Crippen LogP contribution < -0.4 is 4.90 Å². The van der Waals surface area contributed by atoms with Gasteiger partial charge in [-0.2, -0.15) is 0 Å². The third-order valence-corrected chi connectivity index (χ3v) is 3.84. The van der Waals surface area contributed by atoms with Crippen molar-refractivity contribution in [1.82, 2.24) is 15.0 Å². The topological polar surface area (TPSA) is 43.2 Å². The van der Waals surface area contributed by atoms with Crippen molar-refractivity contribution < 1.29 is 4.74 Å². The zero-order valence-corrected chi connectivity index (χ0v) is 11.5. The van der Waals surface area contributed by atoms with Crippen LogP contribution in [0.1, 0.15) is 26.3 Å². The van der Waals surface area contributed by atoms with Crippen LogP contribution >= 0.6 is 0 Å². The van der Waals surface area contributed by atoms with Gasteiger partial charge in [0.1, 0.15) is 5.52 Å². The Morgan fingerprint density at radius 1 is 1.32 bits per heavy atom. The quantitative estimate of drug-likeness (QED) is 0.849. The first-order valence-corrected chi connectivity index (χ1v) is 6.97. The maximum absolute atomic E-state index is 5.40. The Balaban J connectivity index is 1.98. The van der Waals surface area contributed by atoms with Gasteiger partial charge in [-0.1, -0.05) is 12.1 Å². The number of rotatable bonds is 3. The van der Waals surface area contributed by atoms with E-state index in [4.69, 9.17) is 4.74 Å². The zero-order chi connectivity index (χ0) is 13.2. The summed E-state index contributed by atoms with van der Waals surface area (Å²) in [5, 5.41) is 8.52. The third kappa shape index (κ3) is 2.30. The Morgan fingerprint density at radius 3 is 2.84 bits per heavy atom. The number of benzene rings is 1. The molecule has 1 aliphatic rings. The second-order valence-corrected chi connectivity index (χ2v) is 5.06. The van der Waals surface area contributed by atoms with Crippen molar-refractivity contribution in [1.29, 1.82) is 0 Å². The lowest BCUT2D eigenvalue weighted by molar-refractivity contribution is 0.122. The van der Waals surface area contributed by atoms with Gasteiger partial charge >= 0.3 is 0 Å². The molecule has 1 fully saturated rings.